The Hall–Kier alpha value is -3.92. The van der Waals surface area contributed by atoms with E-state index in [9.17, 15) is 22.4 Å². The molecule has 0 atom stereocenters. The Kier molecular flexibility index (Phi) is 7.29. The first-order chi connectivity index (χ1) is 15.8. The van der Waals surface area contributed by atoms with Crippen LogP contribution in [0.15, 0.2) is 71.6 Å². The number of benzene rings is 3. The number of hydrogen-bond acceptors (Lipinski definition) is 6. The van der Waals surface area contributed by atoms with Gasteiger partial charge in [-0.25, -0.2) is 17.6 Å². The average Bonchev–Trinajstić information content (AvgIpc) is 2.80. The summed E-state index contributed by atoms with van der Waals surface area (Å²) in [6, 6.07) is 15.2. The molecule has 0 radical (unpaired) electrons. The molecular formula is C23H21FN2O6S. The zero-order valence-electron chi connectivity index (χ0n) is 17.8. The molecule has 0 unspecified atom stereocenters. The van der Waals surface area contributed by atoms with Crippen molar-refractivity contribution in [1.29, 1.82) is 0 Å². The maximum absolute atomic E-state index is 14.0. The van der Waals surface area contributed by atoms with E-state index in [4.69, 9.17) is 4.74 Å². The molecule has 0 aliphatic carbocycles. The predicted molar refractivity (Wildman–Crippen MR) is 121 cm³/mol. The summed E-state index contributed by atoms with van der Waals surface area (Å²) in [4.78, 5) is 24.3. The lowest BCUT2D eigenvalue weighted by Crippen LogP contribution is -2.18. The largest absolute Gasteiger partial charge is 0.492 e. The number of esters is 1. The standard InChI is InChI=1S/C23H21FN2O6S/c1-3-32-21-13-12-15(14-20(21)25-22(27)16-8-4-6-10-18(16)24)33(29,30)26-19-11-7-5-9-17(19)23(28)31-2/h4-14,26H,3H2,1-2H3,(H,25,27). The third-order valence-electron chi connectivity index (χ3n) is 4.50. The maximum Gasteiger partial charge on any atom is 0.339 e. The molecule has 172 valence electrons. The number of hydrogen-bond donors (Lipinski definition) is 2. The van der Waals surface area contributed by atoms with E-state index in [2.05, 4.69) is 14.8 Å². The Balaban J connectivity index is 1.96. The highest BCUT2D eigenvalue weighted by Gasteiger charge is 2.22. The van der Waals surface area contributed by atoms with Crippen LogP contribution in [0, 0.1) is 5.82 Å². The number of sulfonamides is 1. The summed E-state index contributed by atoms with van der Waals surface area (Å²) in [5, 5.41) is 2.50. The molecule has 3 aromatic rings. The summed E-state index contributed by atoms with van der Waals surface area (Å²) in [5.74, 6) is -2.00. The highest BCUT2D eigenvalue weighted by molar-refractivity contribution is 7.92. The normalized spacial score (nSPS) is 10.9. The number of amides is 1. The van der Waals surface area contributed by atoms with Crippen molar-refractivity contribution in [3.63, 3.8) is 0 Å². The number of carbonyl (C=O) groups is 2. The van der Waals surface area contributed by atoms with Gasteiger partial charge in [-0.1, -0.05) is 24.3 Å². The molecule has 10 heteroatoms. The van der Waals surface area contributed by atoms with Gasteiger partial charge in [0.1, 0.15) is 11.6 Å². The minimum Gasteiger partial charge on any atom is -0.492 e. The van der Waals surface area contributed by atoms with Gasteiger partial charge in [0, 0.05) is 0 Å². The zero-order valence-corrected chi connectivity index (χ0v) is 18.6. The van der Waals surface area contributed by atoms with E-state index in [-0.39, 0.29) is 39.8 Å². The molecule has 0 spiro atoms. The third-order valence-corrected chi connectivity index (χ3v) is 5.87. The van der Waals surface area contributed by atoms with Crippen LogP contribution in [-0.4, -0.2) is 34.0 Å². The minimum atomic E-state index is -4.18. The fourth-order valence-electron chi connectivity index (χ4n) is 2.95. The highest BCUT2D eigenvalue weighted by atomic mass is 32.2. The van der Waals surface area contributed by atoms with E-state index in [1.165, 1.54) is 55.6 Å². The van der Waals surface area contributed by atoms with E-state index < -0.39 is 27.7 Å². The van der Waals surface area contributed by atoms with Crippen molar-refractivity contribution in [2.24, 2.45) is 0 Å². The SMILES string of the molecule is CCOc1ccc(S(=O)(=O)Nc2ccccc2C(=O)OC)cc1NC(=O)c1ccccc1F. The summed E-state index contributed by atoms with van der Waals surface area (Å²) in [6.45, 7) is 1.97. The van der Waals surface area contributed by atoms with Crippen LogP contribution in [0.5, 0.6) is 5.75 Å². The number of rotatable bonds is 8. The van der Waals surface area contributed by atoms with E-state index in [1.54, 1.807) is 19.1 Å². The topological polar surface area (TPSA) is 111 Å². The Labute approximate surface area is 190 Å². The van der Waals surface area contributed by atoms with E-state index >= 15 is 0 Å². The van der Waals surface area contributed by atoms with Crippen molar-refractivity contribution in [2.45, 2.75) is 11.8 Å². The first kappa shape index (κ1) is 23.7. The van der Waals surface area contributed by atoms with E-state index in [1.807, 2.05) is 0 Å². The molecule has 33 heavy (non-hydrogen) atoms. The van der Waals surface area contributed by atoms with Crippen molar-refractivity contribution >= 4 is 33.3 Å². The quantitative estimate of drug-likeness (QED) is 0.478. The molecule has 2 N–H and O–H groups in total. The molecule has 1 amide bonds. The maximum atomic E-state index is 14.0. The second-order valence-corrected chi connectivity index (χ2v) is 8.35. The number of halogens is 1. The Morgan fingerprint density at radius 2 is 1.61 bits per heavy atom. The molecule has 0 bridgehead atoms. The molecular weight excluding hydrogens is 451 g/mol. The Morgan fingerprint density at radius 3 is 2.27 bits per heavy atom. The predicted octanol–water partition coefficient (Wildman–Crippen LogP) is 4.06. The number of para-hydroxylation sites is 1. The Morgan fingerprint density at radius 1 is 0.939 bits per heavy atom. The number of ether oxygens (including phenoxy) is 2. The summed E-state index contributed by atoms with van der Waals surface area (Å²) in [5.41, 5.74) is -0.120. The van der Waals surface area contributed by atoms with Crippen LogP contribution >= 0.6 is 0 Å². The van der Waals surface area contributed by atoms with Gasteiger partial charge in [0.25, 0.3) is 15.9 Å². The summed E-state index contributed by atoms with van der Waals surface area (Å²) >= 11 is 0. The van der Waals surface area contributed by atoms with Crippen LogP contribution in [0.4, 0.5) is 15.8 Å². The lowest BCUT2D eigenvalue weighted by Gasteiger charge is -2.15. The molecule has 0 heterocycles. The molecule has 0 aliphatic rings. The van der Waals surface area contributed by atoms with E-state index in [0.717, 1.165) is 6.07 Å². The fourth-order valence-corrected chi connectivity index (χ4v) is 4.06. The minimum absolute atomic E-state index is 0.0233. The van der Waals surface area contributed by atoms with Gasteiger partial charge in [-0.05, 0) is 49.4 Å². The fraction of sp³-hybridized carbons (Fsp3) is 0.130. The molecule has 3 rings (SSSR count). The summed E-state index contributed by atoms with van der Waals surface area (Å²) < 4.78 is 52.5. The van der Waals surface area contributed by atoms with Gasteiger partial charge in [-0.15, -0.1) is 0 Å². The van der Waals surface area contributed by atoms with Crippen LogP contribution in [0.3, 0.4) is 0 Å². The first-order valence-corrected chi connectivity index (χ1v) is 11.3. The third kappa shape index (κ3) is 5.47. The number of anilines is 2. The van der Waals surface area contributed by atoms with Crippen LogP contribution in [-0.2, 0) is 14.8 Å². The Bertz CT molecular complexity index is 1290. The molecule has 8 nitrogen and oxygen atoms in total. The van der Waals surface area contributed by atoms with Gasteiger partial charge in [0.2, 0.25) is 0 Å². The number of carbonyl (C=O) groups excluding carboxylic acids is 2. The van der Waals surface area contributed by atoms with Gasteiger partial charge in [0.05, 0.1) is 41.1 Å². The number of methoxy groups -OCH3 is 1. The highest BCUT2D eigenvalue weighted by Crippen LogP contribution is 2.30. The van der Waals surface area contributed by atoms with Crippen molar-refractivity contribution in [3.05, 3.63) is 83.7 Å². The van der Waals surface area contributed by atoms with Crippen molar-refractivity contribution < 1.29 is 31.9 Å². The van der Waals surface area contributed by atoms with Crippen LogP contribution in [0.25, 0.3) is 0 Å². The molecule has 0 fully saturated rings. The molecule has 3 aromatic carbocycles. The smallest absolute Gasteiger partial charge is 0.339 e. The van der Waals surface area contributed by atoms with Crippen LogP contribution in [0.2, 0.25) is 0 Å². The number of nitrogens with one attached hydrogen (secondary N) is 2. The summed E-state index contributed by atoms with van der Waals surface area (Å²) in [6.07, 6.45) is 0. The van der Waals surface area contributed by atoms with Crippen molar-refractivity contribution in [2.75, 3.05) is 23.8 Å². The lowest BCUT2D eigenvalue weighted by molar-refractivity contribution is 0.0602. The van der Waals surface area contributed by atoms with Crippen molar-refractivity contribution in [3.8, 4) is 5.75 Å². The molecule has 0 saturated carbocycles. The van der Waals surface area contributed by atoms with Gasteiger partial charge in [-0.3, -0.25) is 9.52 Å². The monoisotopic (exact) mass is 472 g/mol. The second kappa shape index (κ2) is 10.1. The van der Waals surface area contributed by atoms with Gasteiger partial charge >= 0.3 is 5.97 Å². The molecule has 0 saturated heterocycles. The molecule has 0 aromatic heterocycles. The van der Waals surface area contributed by atoms with Gasteiger partial charge in [-0.2, -0.15) is 0 Å². The van der Waals surface area contributed by atoms with Gasteiger partial charge < -0.3 is 14.8 Å². The van der Waals surface area contributed by atoms with E-state index in [0.29, 0.717) is 0 Å². The van der Waals surface area contributed by atoms with Crippen LogP contribution in [0.1, 0.15) is 27.6 Å². The average molecular weight is 472 g/mol. The summed E-state index contributed by atoms with van der Waals surface area (Å²) in [7, 11) is -2.99. The zero-order chi connectivity index (χ0) is 24.0. The second-order valence-electron chi connectivity index (χ2n) is 6.67. The lowest BCUT2D eigenvalue weighted by atomic mass is 10.2. The van der Waals surface area contributed by atoms with Crippen molar-refractivity contribution in [1.82, 2.24) is 0 Å². The first-order valence-electron chi connectivity index (χ1n) is 9.79. The van der Waals surface area contributed by atoms with Crippen LogP contribution < -0.4 is 14.8 Å². The van der Waals surface area contributed by atoms with Gasteiger partial charge in [0.15, 0.2) is 0 Å². The molecule has 0 aliphatic heterocycles.